The normalized spacial score (nSPS) is 10.6. The van der Waals surface area contributed by atoms with Gasteiger partial charge in [-0.1, -0.05) is 5.16 Å². The van der Waals surface area contributed by atoms with Crippen molar-refractivity contribution in [3.05, 3.63) is 30.4 Å². The number of hydrogen-bond acceptors (Lipinski definition) is 5. The van der Waals surface area contributed by atoms with Crippen LogP contribution in [0, 0.1) is 0 Å². The molecule has 0 saturated heterocycles. The average Bonchev–Trinajstić information content (AvgIpc) is 2.80. The van der Waals surface area contributed by atoms with Gasteiger partial charge in [0.2, 0.25) is 6.39 Å². The summed E-state index contributed by atoms with van der Waals surface area (Å²) in [4.78, 5) is 8.15. The van der Waals surface area contributed by atoms with Gasteiger partial charge in [0.15, 0.2) is 5.82 Å². The van der Waals surface area contributed by atoms with Crippen molar-refractivity contribution in [2.24, 2.45) is 0 Å². The minimum atomic E-state index is 0.591. The second-order valence-corrected chi connectivity index (χ2v) is 2.85. The molecule has 0 unspecified atom stereocenters. The molecule has 0 spiro atoms. The Hall–Kier alpha value is -1.69. The van der Waals surface area contributed by atoms with Crippen molar-refractivity contribution in [3.8, 4) is 0 Å². The lowest BCUT2D eigenvalue weighted by atomic mass is 10.5. The Balaban J connectivity index is 2.12. The summed E-state index contributed by atoms with van der Waals surface area (Å²) in [7, 11) is 1.88. The average molecular weight is 193 g/mol. The molecule has 2 aromatic rings. The molecule has 0 fully saturated rings. The number of hydrogen-bond donors (Lipinski definition) is 1. The molecule has 0 aromatic carbocycles. The van der Waals surface area contributed by atoms with Gasteiger partial charge in [-0.05, 0) is 7.05 Å². The zero-order chi connectivity index (χ0) is 9.80. The van der Waals surface area contributed by atoms with Gasteiger partial charge < -0.3 is 14.4 Å². The first-order chi connectivity index (χ1) is 6.90. The molecule has 0 aliphatic rings. The minimum Gasteiger partial charge on any atom is -0.343 e. The van der Waals surface area contributed by atoms with Crippen LogP contribution in [0.25, 0.3) is 0 Å². The molecule has 0 amide bonds. The van der Waals surface area contributed by atoms with E-state index in [2.05, 4.69) is 25.0 Å². The SMILES string of the molecule is CNCc1nccn1Cc1ncon1. The highest BCUT2D eigenvalue weighted by atomic mass is 16.5. The molecule has 6 heteroatoms. The smallest absolute Gasteiger partial charge is 0.213 e. The molecule has 2 rings (SSSR count). The Labute approximate surface area is 81.0 Å². The topological polar surface area (TPSA) is 68.8 Å². The van der Waals surface area contributed by atoms with E-state index in [1.54, 1.807) is 6.20 Å². The van der Waals surface area contributed by atoms with E-state index in [1.807, 2.05) is 17.8 Å². The summed E-state index contributed by atoms with van der Waals surface area (Å²) in [6, 6.07) is 0. The summed E-state index contributed by atoms with van der Waals surface area (Å²) < 4.78 is 6.63. The minimum absolute atomic E-state index is 0.591. The Kier molecular flexibility index (Phi) is 2.55. The molecular formula is C8H11N5O. The Bertz CT molecular complexity index is 380. The Morgan fingerprint density at radius 1 is 1.50 bits per heavy atom. The molecule has 2 aromatic heterocycles. The van der Waals surface area contributed by atoms with E-state index in [9.17, 15) is 0 Å². The number of imidazole rings is 1. The van der Waals surface area contributed by atoms with Crippen molar-refractivity contribution >= 4 is 0 Å². The van der Waals surface area contributed by atoms with Crippen molar-refractivity contribution in [2.45, 2.75) is 13.1 Å². The van der Waals surface area contributed by atoms with Gasteiger partial charge in [-0.25, -0.2) is 4.98 Å². The van der Waals surface area contributed by atoms with Gasteiger partial charge in [0.05, 0.1) is 13.1 Å². The first-order valence-electron chi connectivity index (χ1n) is 4.30. The van der Waals surface area contributed by atoms with Crippen molar-refractivity contribution in [3.63, 3.8) is 0 Å². The highest BCUT2D eigenvalue weighted by molar-refractivity contribution is 4.95. The van der Waals surface area contributed by atoms with E-state index in [0.717, 1.165) is 12.4 Å². The van der Waals surface area contributed by atoms with Crippen molar-refractivity contribution in [2.75, 3.05) is 7.05 Å². The van der Waals surface area contributed by atoms with Crippen LogP contribution in [-0.4, -0.2) is 26.7 Å². The van der Waals surface area contributed by atoms with Crippen molar-refractivity contribution in [1.29, 1.82) is 0 Å². The summed E-state index contributed by atoms with van der Waals surface area (Å²) in [5.74, 6) is 1.61. The first kappa shape index (κ1) is 8.89. The standard InChI is InChI=1S/C8H11N5O/c1-9-4-8-10-2-3-13(8)5-7-11-6-14-12-7/h2-3,6,9H,4-5H2,1H3. The summed E-state index contributed by atoms with van der Waals surface area (Å²) in [6.45, 7) is 1.32. The molecule has 0 radical (unpaired) electrons. The fraction of sp³-hybridized carbons (Fsp3) is 0.375. The van der Waals surface area contributed by atoms with Gasteiger partial charge in [0, 0.05) is 12.4 Å². The summed E-state index contributed by atoms with van der Waals surface area (Å²) in [6.07, 6.45) is 4.97. The molecule has 0 bridgehead atoms. The van der Waals surface area contributed by atoms with E-state index in [1.165, 1.54) is 6.39 Å². The Morgan fingerprint density at radius 3 is 3.14 bits per heavy atom. The first-order valence-corrected chi connectivity index (χ1v) is 4.30. The lowest BCUT2D eigenvalue weighted by Gasteiger charge is -2.03. The van der Waals surface area contributed by atoms with Gasteiger partial charge in [-0.2, -0.15) is 4.98 Å². The second-order valence-electron chi connectivity index (χ2n) is 2.85. The number of nitrogens with zero attached hydrogens (tertiary/aromatic N) is 4. The molecule has 0 aliphatic carbocycles. The van der Waals surface area contributed by atoms with E-state index < -0.39 is 0 Å². The number of nitrogens with one attached hydrogen (secondary N) is 1. The fourth-order valence-corrected chi connectivity index (χ4v) is 1.22. The monoisotopic (exact) mass is 193 g/mol. The zero-order valence-electron chi connectivity index (χ0n) is 7.84. The van der Waals surface area contributed by atoms with Gasteiger partial charge in [0.1, 0.15) is 5.82 Å². The van der Waals surface area contributed by atoms with E-state index in [-0.39, 0.29) is 0 Å². The molecule has 0 saturated carbocycles. The molecule has 2 heterocycles. The largest absolute Gasteiger partial charge is 0.343 e. The zero-order valence-corrected chi connectivity index (χ0v) is 7.84. The maximum Gasteiger partial charge on any atom is 0.213 e. The molecule has 0 aliphatic heterocycles. The van der Waals surface area contributed by atoms with Gasteiger partial charge in [-0.15, -0.1) is 0 Å². The lowest BCUT2D eigenvalue weighted by molar-refractivity contribution is 0.407. The van der Waals surface area contributed by atoms with Crippen LogP contribution in [0.15, 0.2) is 23.3 Å². The summed E-state index contributed by atoms with van der Waals surface area (Å²) in [5.41, 5.74) is 0. The molecule has 1 N–H and O–H groups in total. The summed E-state index contributed by atoms with van der Waals surface area (Å²) >= 11 is 0. The van der Waals surface area contributed by atoms with Crippen LogP contribution in [0.2, 0.25) is 0 Å². The second kappa shape index (κ2) is 4.01. The van der Waals surface area contributed by atoms with E-state index in [0.29, 0.717) is 12.4 Å². The van der Waals surface area contributed by atoms with E-state index in [4.69, 9.17) is 0 Å². The van der Waals surface area contributed by atoms with E-state index >= 15 is 0 Å². The predicted molar refractivity (Wildman–Crippen MR) is 48.4 cm³/mol. The predicted octanol–water partition coefficient (Wildman–Crippen LogP) is 0.0338. The quantitative estimate of drug-likeness (QED) is 0.742. The summed E-state index contributed by atoms with van der Waals surface area (Å²) in [5, 5.41) is 6.78. The maximum atomic E-state index is 4.65. The third kappa shape index (κ3) is 1.80. The molecule has 14 heavy (non-hydrogen) atoms. The van der Waals surface area contributed by atoms with Gasteiger partial charge in [0.25, 0.3) is 0 Å². The van der Waals surface area contributed by atoms with Gasteiger partial charge in [-0.3, -0.25) is 0 Å². The molecule has 74 valence electrons. The third-order valence-corrected chi connectivity index (χ3v) is 1.86. The number of rotatable bonds is 4. The van der Waals surface area contributed by atoms with Crippen LogP contribution in [0.3, 0.4) is 0 Å². The fourth-order valence-electron chi connectivity index (χ4n) is 1.22. The van der Waals surface area contributed by atoms with Gasteiger partial charge >= 0.3 is 0 Å². The molecule has 6 nitrogen and oxygen atoms in total. The highest BCUT2D eigenvalue weighted by Crippen LogP contribution is 2.00. The lowest BCUT2D eigenvalue weighted by Crippen LogP contribution is -2.13. The van der Waals surface area contributed by atoms with Crippen LogP contribution < -0.4 is 5.32 Å². The Morgan fingerprint density at radius 2 is 2.43 bits per heavy atom. The molecular weight excluding hydrogens is 182 g/mol. The number of aromatic nitrogens is 4. The third-order valence-electron chi connectivity index (χ3n) is 1.86. The maximum absolute atomic E-state index is 4.65. The molecule has 0 atom stereocenters. The van der Waals surface area contributed by atoms with Crippen LogP contribution in [0.1, 0.15) is 11.6 Å². The van der Waals surface area contributed by atoms with Crippen LogP contribution >= 0.6 is 0 Å². The van der Waals surface area contributed by atoms with Crippen LogP contribution in [-0.2, 0) is 13.1 Å². The van der Waals surface area contributed by atoms with Crippen molar-refractivity contribution < 1.29 is 4.52 Å². The van der Waals surface area contributed by atoms with Crippen molar-refractivity contribution in [1.82, 2.24) is 25.0 Å². The highest BCUT2D eigenvalue weighted by Gasteiger charge is 2.04. The van der Waals surface area contributed by atoms with Crippen LogP contribution in [0.4, 0.5) is 0 Å². The van der Waals surface area contributed by atoms with Crippen LogP contribution in [0.5, 0.6) is 0 Å².